The molecule has 0 aliphatic rings. The van der Waals surface area contributed by atoms with Crippen molar-refractivity contribution in [2.75, 3.05) is 0 Å². The van der Waals surface area contributed by atoms with E-state index in [4.69, 9.17) is 0 Å². The molecule has 0 atom stereocenters. The minimum atomic E-state index is 1.32. The van der Waals surface area contributed by atoms with Crippen molar-refractivity contribution in [2.45, 2.75) is 97.3 Å². The molecule has 0 saturated heterocycles. The summed E-state index contributed by atoms with van der Waals surface area (Å²) in [6, 6.07) is 0. The zero-order valence-electron chi connectivity index (χ0n) is 11.8. The van der Waals surface area contributed by atoms with Crippen LogP contribution in [0.15, 0.2) is 0 Å². The second-order valence-electron chi connectivity index (χ2n) is 5.05. The first-order valence-corrected chi connectivity index (χ1v) is 7.73. The average molecular weight is 225 g/mol. The minimum Gasteiger partial charge on any atom is -0.328 e. The third-order valence-electron chi connectivity index (χ3n) is 3.25. The summed E-state index contributed by atoms with van der Waals surface area (Å²) >= 11 is 0. The van der Waals surface area contributed by atoms with Gasteiger partial charge in [0.1, 0.15) is 0 Å². The van der Waals surface area contributed by atoms with Gasteiger partial charge in [-0.1, -0.05) is 84.5 Å². The van der Waals surface area contributed by atoms with Crippen LogP contribution in [0.4, 0.5) is 0 Å². The molecule has 0 heteroatoms. The Bertz CT molecular complexity index is 92.6. The van der Waals surface area contributed by atoms with Gasteiger partial charge in [-0.2, -0.15) is 12.8 Å². The van der Waals surface area contributed by atoms with Crippen molar-refractivity contribution in [3.05, 3.63) is 6.42 Å². The third kappa shape index (κ3) is 14.0. The number of hydrogen-bond donors (Lipinski definition) is 0. The topological polar surface area (TPSA) is 0 Å². The van der Waals surface area contributed by atoms with E-state index in [1.165, 1.54) is 83.5 Å². The van der Waals surface area contributed by atoms with Gasteiger partial charge in [0.2, 0.25) is 0 Å². The predicted octanol–water partition coefficient (Wildman–Crippen LogP) is 6.30. The highest BCUT2D eigenvalue weighted by Crippen LogP contribution is 2.12. The molecule has 0 fully saturated rings. The molecule has 0 saturated carbocycles. The Labute approximate surface area is 104 Å². The lowest BCUT2D eigenvalue weighted by Crippen LogP contribution is -1.82. The van der Waals surface area contributed by atoms with Crippen molar-refractivity contribution in [2.24, 2.45) is 0 Å². The van der Waals surface area contributed by atoms with Gasteiger partial charge in [-0.3, -0.25) is 0 Å². The maximum absolute atomic E-state index is 2.46. The van der Waals surface area contributed by atoms with Crippen molar-refractivity contribution >= 4 is 0 Å². The summed E-state index contributed by atoms with van der Waals surface area (Å²) in [5.41, 5.74) is 0. The van der Waals surface area contributed by atoms with Crippen LogP contribution in [-0.4, -0.2) is 0 Å². The molecule has 0 aliphatic heterocycles. The SMILES string of the molecule is CCC[CH-]CCCCCCCCCCCC. The summed E-state index contributed by atoms with van der Waals surface area (Å²) in [6.07, 6.45) is 21.0. The van der Waals surface area contributed by atoms with Crippen molar-refractivity contribution in [1.29, 1.82) is 0 Å². The van der Waals surface area contributed by atoms with E-state index in [1.807, 2.05) is 0 Å². The molecule has 0 bridgehead atoms. The fraction of sp³-hybridized carbons (Fsp3) is 0.938. The zero-order valence-corrected chi connectivity index (χ0v) is 11.8. The van der Waals surface area contributed by atoms with Crippen LogP contribution in [0.25, 0.3) is 0 Å². The Morgan fingerprint density at radius 3 is 1.50 bits per heavy atom. The van der Waals surface area contributed by atoms with Gasteiger partial charge in [0.25, 0.3) is 0 Å². The molecular weight excluding hydrogens is 192 g/mol. The third-order valence-corrected chi connectivity index (χ3v) is 3.25. The van der Waals surface area contributed by atoms with E-state index in [0.717, 1.165) is 0 Å². The van der Waals surface area contributed by atoms with Crippen LogP contribution in [-0.2, 0) is 0 Å². The number of rotatable bonds is 13. The monoisotopic (exact) mass is 225 g/mol. The second kappa shape index (κ2) is 15.0. The normalized spacial score (nSPS) is 10.9. The van der Waals surface area contributed by atoms with E-state index in [2.05, 4.69) is 20.3 Å². The van der Waals surface area contributed by atoms with Gasteiger partial charge in [-0.15, -0.1) is 0 Å². The van der Waals surface area contributed by atoms with Gasteiger partial charge in [0.15, 0.2) is 0 Å². The Balaban J connectivity index is 2.83. The second-order valence-corrected chi connectivity index (χ2v) is 5.05. The molecule has 0 spiro atoms. The molecule has 0 aromatic rings. The van der Waals surface area contributed by atoms with E-state index in [-0.39, 0.29) is 0 Å². The first kappa shape index (κ1) is 16.0. The van der Waals surface area contributed by atoms with Gasteiger partial charge in [0.05, 0.1) is 0 Å². The summed E-state index contributed by atoms with van der Waals surface area (Å²) < 4.78 is 0. The van der Waals surface area contributed by atoms with Crippen molar-refractivity contribution < 1.29 is 0 Å². The van der Waals surface area contributed by atoms with Crippen molar-refractivity contribution in [1.82, 2.24) is 0 Å². The molecule has 0 aliphatic carbocycles. The summed E-state index contributed by atoms with van der Waals surface area (Å²) in [6.45, 7) is 4.55. The smallest absolute Gasteiger partial charge is 0.0533 e. The summed E-state index contributed by atoms with van der Waals surface area (Å²) in [4.78, 5) is 0. The van der Waals surface area contributed by atoms with E-state index in [9.17, 15) is 0 Å². The van der Waals surface area contributed by atoms with Crippen molar-refractivity contribution in [3.8, 4) is 0 Å². The summed E-state index contributed by atoms with van der Waals surface area (Å²) in [5, 5.41) is 0. The molecule has 0 unspecified atom stereocenters. The van der Waals surface area contributed by atoms with Crippen LogP contribution in [0.5, 0.6) is 0 Å². The molecule has 98 valence electrons. The molecule has 0 rings (SSSR count). The molecule has 0 radical (unpaired) electrons. The Kier molecular flexibility index (Phi) is 15.0. The van der Waals surface area contributed by atoms with Gasteiger partial charge in [-0.25, -0.2) is 0 Å². The molecule has 0 heterocycles. The Hall–Kier alpha value is 0. The lowest BCUT2D eigenvalue weighted by atomic mass is 10.0. The highest BCUT2D eigenvalue weighted by molar-refractivity contribution is 4.62. The molecule has 0 amide bonds. The zero-order chi connectivity index (χ0) is 11.9. The highest BCUT2D eigenvalue weighted by Gasteiger charge is 1.90. The maximum Gasteiger partial charge on any atom is -0.0533 e. The largest absolute Gasteiger partial charge is 0.328 e. The quantitative estimate of drug-likeness (QED) is 0.255. The van der Waals surface area contributed by atoms with Crippen LogP contribution in [0.1, 0.15) is 97.3 Å². The molecular formula is C16H33-. The Morgan fingerprint density at radius 1 is 0.500 bits per heavy atom. The van der Waals surface area contributed by atoms with Gasteiger partial charge in [-0.05, 0) is 0 Å². The minimum absolute atomic E-state index is 1.32. The highest BCUT2D eigenvalue weighted by atomic mass is 14.0. The van der Waals surface area contributed by atoms with Crippen molar-refractivity contribution in [3.63, 3.8) is 0 Å². The Morgan fingerprint density at radius 2 is 1.00 bits per heavy atom. The number of unbranched alkanes of at least 4 members (excludes halogenated alkanes) is 13. The van der Waals surface area contributed by atoms with Gasteiger partial charge < -0.3 is 6.42 Å². The molecule has 0 aromatic heterocycles. The van der Waals surface area contributed by atoms with E-state index >= 15 is 0 Å². The van der Waals surface area contributed by atoms with Gasteiger partial charge in [0, 0.05) is 0 Å². The molecule has 0 N–H and O–H groups in total. The fourth-order valence-corrected chi connectivity index (χ4v) is 2.12. The summed E-state index contributed by atoms with van der Waals surface area (Å²) in [7, 11) is 0. The molecule has 16 heavy (non-hydrogen) atoms. The molecule has 0 nitrogen and oxygen atoms in total. The first-order chi connectivity index (χ1) is 7.91. The van der Waals surface area contributed by atoms with Crippen LogP contribution < -0.4 is 0 Å². The fourth-order valence-electron chi connectivity index (χ4n) is 2.12. The number of hydrogen-bond acceptors (Lipinski definition) is 0. The van der Waals surface area contributed by atoms with Crippen LogP contribution in [0.2, 0.25) is 0 Å². The van der Waals surface area contributed by atoms with E-state index in [1.54, 1.807) is 0 Å². The molecule has 0 aromatic carbocycles. The summed E-state index contributed by atoms with van der Waals surface area (Å²) in [5.74, 6) is 0. The van der Waals surface area contributed by atoms with Crippen LogP contribution in [0.3, 0.4) is 0 Å². The lowest BCUT2D eigenvalue weighted by Gasteiger charge is -2.08. The van der Waals surface area contributed by atoms with E-state index in [0.29, 0.717) is 0 Å². The predicted molar refractivity (Wildman–Crippen MR) is 75.7 cm³/mol. The average Bonchev–Trinajstić information content (AvgIpc) is 2.31. The standard InChI is InChI=1S/C16H33/c1-3-5-7-9-11-13-15-16-14-12-10-8-6-4-2/h7H,3-6,8-16H2,1-2H3/q-1. The maximum atomic E-state index is 2.46. The lowest BCUT2D eigenvalue weighted by molar-refractivity contribution is 0.554. The van der Waals surface area contributed by atoms with Crippen LogP contribution in [0, 0.1) is 6.42 Å². The van der Waals surface area contributed by atoms with Gasteiger partial charge >= 0.3 is 0 Å². The first-order valence-electron chi connectivity index (χ1n) is 7.73. The van der Waals surface area contributed by atoms with Crippen LogP contribution >= 0.6 is 0 Å². The van der Waals surface area contributed by atoms with E-state index < -0.39 is 0 Å².